The molecule has 0 atom stereocenters. The van der Waals surface area contributed by atoms with Gasteiger partial charge in [-0.2, -0.15) is 5.26 Å². The smallest absolute Gasteiger partial charge is 0.409 e. The van der Waals surface area contributed by atoms with Crippen LogP contribution in [-0.4, -0.2) is 55.1 Å². The van der Waals surface area contributed by atoms with Gasteiger partial charge in [0.1, 0.15) is 0 Å². The first-order chi connectivity index (χ1) is 20.2. The van der Waals surface area contributed by atoms with Crippen molar-refractivity contribution in [3.63, 3.8) is 0 Å². The summed E-state index contributed by atoms with van der Waals surface area (Å²) in [6, 6.07) is 15.8. The Kier molecular flexibility index (Phi) is 9.08. The molecule has 2 aromatic carbocycles. The zero-order chi connectivity index (χ0) is 29.9. The Labute approximate surface area is 254 Å². The van der Waals surface area contributed by atoms with Crippen molar-refractivity contribution >= 4 is 29.2 Å². The third kappa shape index (κ3) is 6.27. The predicted molar refractivity (Wildman–Crippen MR) is 166 cm³/mol. The highest BCUT2D eigenvalue weighted by atomic mass is 35.5. The highest BCUT2D eigenvalue weighted by Crippen LogP contribution is 2.43. The summed E-state index contributed by atoms with van der Waals surface area (Å²) in [6.07, 6.45) is 8.55. The molecule has 2 amide bonds. The number of hydrogen-bond donors (Lipinski definition) is 0. The van der Waals surface area contributed by atoms with Gasteiger partial charge in [-0.05, 0) is 104 Å². The van der Waals surface area contributed by atoms with E-state index in [0.29, 0.717) is 30.1 Å². The molecule has 6 nitrogen and oxygen atoms in total. The number of allylic oxidation sites excluding steroid dienone is 4. The van der Waals surface area contributed by atoms with Crippen molar-refractivity contribution < 1.29 is 14.3 Å². The van der Waals surface area contributed by atoms with Crippen molar-refractivity contribution in [3.8, 4) is 6.07 Å². The second-order valence-corrected chi connectivity index (χ2v) is 12.6. The lowest BCUT2D eigenvalue weighted by Gasteiger charge is -2.41. The number of benzene rings is 2. The summed E-state index contributed by atoms with van der Waals surface area (Å²) in [4.78, 5) is 29.1. The Morgan fingerprint density at radius 1 is 1.02 bits per heavy atom. The number of piperidine rings is 1. The molecule has 1 aliphatic carbocycles. The van der Waals surface area contributed by atoms with Crippen molar-refractivity contribution in [1.82, 2.24) is 9.80 Å². The normalized spacial score (nSPS) is 22.5. The summed E-state index contributed by atoms with van der Waals surface area (Å²) < 4.78 is 4.93. The molecule has 7 heteroatoms. The van der Waals surface area contributed by atoms with E-state index in [1.807, 2.05) is 47.4 Å². The number of carbonyl (C=O) groups excluding carboxylic acids is 2. The van der Waals surface area contributed by atoms with E-state index in [0.717, 1.165) is 79.8 Å². The van der Waals surface area contributed by atoms with Crippen LogP contribution in [0.25, 0.3) is 5.57 Å². The number of rotatable bonds is 4. The molecule has 0 N–H and O–H groups in total. The lowest BCUT2D eigenvalue weighted by atomic mass is 9.72. The van der Waals surface area contributed by atoms with E-state index in [1.165, 1.54) is 18.2 Å². The summed E-state index contributed by atoms with van der Waals surface area (Å²) in [6.45, 7) is 7.23. The molecule has 3 aliphatic rings. The number of aryl methyl sites for hydroxylation is 1. The van der Waals surface area contributed by atoms with Crippen LogP contribution >= 0.6 is 11.6 Å². The number of nitriles is 1. The maximum absolute atomic E-state index is 13.4. The average molecular weight is 586 g/mol. The molecule has 0 unspecified atom stereocenters. The van der Waals surface area contributed by atoms with Gasteiger partial charge in [-0.25, -0.2) is 4.79 Å². The van der Waals surface area contributed by atoms with Gasteiger partial charge in [0, 0.05) is 42.7 Å². The molecule has 2 saturated heterocycles. The SMILES string of the molecule is COC(=O)N1CCC(C)(/C2=C/CC/C(Cl)=C(/c3cc(C(=O)N4CC(c5ccc(C#N)cc5)C4)ccc3C)CCC2)CC1. The second kappa shape index (κ2) is 12.8. The quantitative estimate of drug-likeness (QED) is 0.343. The van der Waals surface area contributed by atoms with Gasteiger partial charge in [0.15, 0.2) is 0 Å². The Balaban J connectivity index is 1.24. The Morgan fingerprint density at radius 3 is 2.40 bits per heavy atom. The minimum absolute atomic E-state index is 0.0520. The van der Waals surface area contributed by atoms with Crippen LogP contribution in [0.4, 0.5) is 4.79 Å². The van der Waals surface area contributed by atoms with Crippen LogP contribution in [-0.2, 0) is 4.74 Å². The van der Waals surface area contributed by atoms with Crippen LogP contribution in [0.5, 0.6) is 0 Å². The standard InChI is InChI=1S/C35H40ClN3O3/c1-24-10-13-27(33(40)39-22-28(23-39)26-14-11-25(21-37)12-15-26)20-31(24)30-8-4-6-29(7-5-9-32(30)36)35(2)16-18-38(19-17-35)34(41)42-3/h7,10-15,20,28H,4-6,8-9,16-19,22-23H2,1-3H3/b29-7+,32-30-. The highest BCUT2D eigenvalue weighted by Gasteiger charge is 2.35. The molecule has 0 aromatic heterocycles. The fraction of sp³-hybridized carbons (Fsp3) is 0.457. The fourth-order valence-corrected chi connectivity index (χ4v) is 6.93. The lowest BCUT2D eigenvalue weighted by molar-refractivity contribution is 0.0602. The first-order valence-electron chi connectivity index (χ1n) is 15.0. The Hall–Kier alpha value is -3.56. The number of carbonyl (C=O) groups is 2. The number of hydrogen-bond acceptors (Lipinski definition) is 4. The topological polar surface area (TPSA) is 73.6 Å². The van der Waals surface area contributed by atoms with E-state index >= 15 is 0 Å². The number of amides is 2. The van der Waals surface area contributed by atoms with Crippen molar-refractivity contribution in [2.24, 2.45) is 5.41 Å². The van der Waals surface area contributed by atoms with Crippen LogP contribution in [0, 0.1) is 23.7 Å². The molecule has 0 radical (unpaired) electrons. The molecular formula is C35H40ClN3O3. The van der Waals surface area contributed by atoms with Gasteiger partial charge in [0.05, 0.1) is 18.7 Å². The van der Waals surface area contributed by atoms with Crippen LogP contribution in [0.2, 0.25) is 0 Å². The first kappa shape index (κ1) is 29.9. The molecule has 0 saturated carbocycles. The van der Waals surface area contributed by atoms with Crippen molar-refractivity contribution in [3.05, 3.63) is 87.0 Å². The fourth-order valence-electron chi connectivity index (χ4n) is 6.63. The molecule has 2 fully saturated rings. The molecule has 220 valence electrons. The Morgan fingerprint density at radius 2 is 1.74 bits per heavy atom. The third-order valence-electron chi connectivity index (χ3n) is 9.52. The van der Waals surface area contributed by atoms with Crippen LogP contribution in [0.15, 0.2) is 59.1 Å². The maximum atomic E-state index is 13.4. The summed E-state index contributed by atoms with van der Waals surface area (Å²) >= 11 is 7.00. The van der Waals surface area contributed by atoms with Gasteiger partial charge in [-0.1, -0.05) is 48.4 Å². The molecule has 42 heavy (non-hydrogen) atoms. The minimum atomic E-state index is -0.238. The zero-order valence-electron chi connectivity index (χ0n) is 24.9. The number of ether oxygens (including phenoxy) is 1. The van der Waals surface area contributed by atoms with Crippen LogP contribution in [0.1, 0.15) is 90.4 Å². The van der Waals surface area contributed by atoms with Gasteiger partial charge in [0.25, 0.3) is 5.91 Å². The van der Waals surface area contributed by atoms with Gasteiger partial charge >= 0.3 is 6.09 Å². The van der Waals surface area contributed by atoms with Gasteiger partial charge in [0.2, 0.25) is 0 Å². The average Bonchev–Trinajstić information content (AvgIpc) is 3.07. The van der Waals surface area contributed by atoms with E-state index in [2.05, 4.69) is 26.0 Å². The van der Waals surface area contributed by atoms with Gasteiger partial charge in [-0.15, -0.1) is 0 Å². The Bertz CT molecular complexity index is 1440. The van der Waals surface area contributed by atoms with Gasteiger partial charge in [-0.3, -0.25) is 4.79 Å². The maximum Gasteiger partial charge on any atom is 0.409 e. The van der Waals surface area contributed by atoms with Crippen LogP contribution < -0.4 is 0 Å². The lowest BCUT2D eigenvalue weighted by Crippen LogP contribution is -2.48. The molecule has 2 heterocycles. The van der Waals surface area contributed by atoms with E-state index in [9.17, 15) is 9.59 Å². The van der Waals surface area contributed by atoms with E-state index in [1.54, 1.807) is 4.90 Å². The van der Waals surface area contributed by atoms with Crippen molar-refractivity contribution in [1.29, 1.82) is 5.26 Å². The molecule has 0 bridgehead atoms. The monoisotopic (exact) mass is 585 g/mol. The molecular weight excluding hydrogens is 546 g/mol. The van der Waals surface area contributed by atoms with E-state index < -0.39 is 0 Å². The predicted octanol–water partition coefficient (Wildman–Crippen LogP) is 7.82. The van der Waals surface area contributed by atoms with Crippen molar-refractivity contribution in [2.75, 3.05) is 33.3 Å². The highest BCUT2D eigenvalue weighted by molar-refractivity contribution is 6.32. The summed E-state index contributed by atoms with van der Waals surface area (Å²) in [7, 11) is 1.44. The molecule has 5 rings (SSSR count). The summed E-state index contributed by atoms with van der Waals surface area (Å²) in [5, 5.41) is 9.93. The minimum Gasteiger partial charge on any atom is -0.453 e. The molecule has 0 spiro atoms. The summed E-state index contributed by atoms with van der Waals surface area (Å²) in [5.41, 5.74) is 7.45. The number of methoxy groups -OCH3 is 1. The summed E-state index contributed by atoms with van der Waals surface area (Å²) in [5.74, 6) is 0.352. The zero-order valence-corrected chi connectivity index (χ0v) is 25.7. The van der Waals surface area contributed by atoms with Crippen LogP contribution in [0.3, 0.4) is 0 Å². The second-order valence-electron chi connectivity index (χ2n) is 12.2. The third-order valence-corrected chi connectivity index (χ3v) is 9.94. The number of likely N-dealkylation sites (tertiary alicyclic amines) is 2. The van der Waals surface area contributed by atoms with Gasteiger partial charge < -0.3 is 14.5 Å². The number of nitrogens with zero attached hydrogens (tertiary/aromatic N) is 3. The van der Waals surface area contributed by atoms with E-state index in [-0.39, 0.29) is 17.4 Å². The van der Waals surface area contributed by atoms with E-state index in [4.69, 9.17) is 21.6 Å². The molecule has 2 aromatic rings. The van der Waals surface area contributed by atoms with Crippen molar-refractivity contribution in [2.45, 2.75) is 64.7 Å². The molecule has 2 aliphatic heterocycles. The largest absolute Gasteiger partial charge is 0.453 e. The number of halogens is 1. The first-order valence-corrected chi connectivity index (χ1v) is 15.4.